The molecule has 1 aromatic heterocycles. The molecule has 2 rings (SSSR count). The minimum atomic E-state index is 0.659. The van der Waals surface area contributed by atoms with Crippen molar-refractivity contribution in [2.75, 3.05) is 23.4 Å². The molecule has 2 atom stereocenters. The van der Waals surface area contributed by atoms with Crippen molar-refractivity contribution in [3.63, 3.8) is 0 Å². The summed E-state index contributed by atoms with van der Waals surface area (Å²) >= 11 is 0. The molecule has 0 bridgehead atoms. The first-order valence-electron chi connectivity index (χ1n) is 5.24. The molecule has 82 valence electrons. The van der Waals surface area contributed by atoms with Crippen molar-refractivity contribution in [2.24, 2.45) is 17.7 Å². The van der Waals surface area contributed by atoms with Gasteiger partial charge in [-0.3, -0.25) is 0 Å². The largest absolute Gasteiger partial charge is 0.356 e. The lowest BCUT2D eigenvalue weighted by Gasteiger charge is -2.17. The van der Waals surface area contributed by atoms with Gasteiger partial charge in [-0.1, -0.05) is 13.8 Å². The Hall–Kier alpha value is -1.36. The Bertz CT molecular complexity index is 330. The summed E-state index contributed by atoms with van der Waals surface area (Å²) in [6.45, 7) is 6.66. The fourth-order valence-corrected chi connectivity index (χ4v) is 1.92. The van der Waals surface area contributed by atoms with E-state index < -0.39 is 0 Å². The van der Waals surface area contributed by atoms with Gasteiger partial charge in [-0.05, 0) is 11.8 Å². The number of aromatic nitrogens is 2. The smallest absolute Gasteiger partial charge is 0.145 e. The quantitative estimate of drug-likeness (QED) is 0.556. The minimum Gasteiger partial charge on any atom is -0.356 e. The number of hydrazine groups is 1. The predicted molar refractivity (Wildman–Crippen MR) is 60.4 cm³/mol. The van der Waals surface area contributed by atoms with E-state index in [9.17, 15) is 0 Å². The second-order valence-electron chi connectivity index (χ2n) is 4.27. The number of rotatable bonds is 2. The SMILES string of the molecule is CC1CN(c2cc(NN)ncn2)CC1C. The Morgan fingerprint density at radius 2 is 2.00 bits per heavy atom. The number of hydrogen-bond acceptors (Lipinski definition) is 5. The standard InChI is InChI=1S/C10H17N5/c1-7-4-15(5-8(7)2)10-3-9(14-11)12-6-13-10/h3,6-8H,4-5,11H2,1-2H3,(H,12,13,14). The molecule has 0 aliphatic carbocycles. The summed E-state index contributed by atoms with van der Waals surface area (Å²) in [6, 6.07) is 1.88. The third kappa shape index (κ3) is 2.02. The third-order valence-electron chi connectivity index (χ3n) is 3.11. The summed E-state index contributed by atoms with van der Waals surface area (Å²) in [5.74, 6) is 8.36. The van der Waals surface area contributed by atoms with E-state index in [0.717, 1.165) is 18.9 Å². The molecule has 3 N–H and O–H groups in total. The summed E-state index contributed by atoms with van der Waals surface area (Å²) in [5.41, 5.74) is 2.54. The highest BCUT2D eigenvalue weighted by Crippen LogP contribution is 2.26. The van der Waals surface area contributed by atoms with E-state index in [1.165, 1.54) is 6.33 Å². The molecule has 15 heavy (non-hydrogen) atoms. The highest BCUT2D eigenvalue weighted by atomic mass is 15.3. The van der Waals surface area contributed by atoms with Crippen LogP contribution in [0.1, 0.15) is 13.8 Å². The molecular formula is C10H17N5. The highest BCUT2D eigenvalue weighted by molar-refractivity contribution is 5.48. The predicted octanol–water partition coefficient (Wildman–Crippen LogP) is 0.854. The van der Waals surface area contributed by atoms with Gasteiger partial charge in [0.25, 0.3) is 0 Å². The molecule has 2 heterocycles. The maximum absolute atomic E-state index is 5.31. The highest BCUT2D eigenvalue weighted by Gasteiger charge is 2.26. The van der Waals surface area contributed by atoms with E-state index in [-0.39, 0.29) is 0 Å². The van der Waals surface area contributed by atoms with E-state index in [0.29, 0.717) is 17.7 Å². The summed E-state index contributed by atoms with van der Waals surface area (Å²) in [4.78, 5) is 10.5. The van der Waals surface area contributed by atoms with Gasteiger partial charge in [0.15, 0.2) is 0 Å². The molecule has 5 nitrogen and oxygen atoms in total. The zero-order valence-corrected chi connectivity index (χ0v) is 9.14. The van der Waals surface area contributed by atoms with E-state index >= 15 is 0 Å². The lowest BCUT2D eigenvalue weighted by molar-refractivity contribution is 0.494. The van der Waals surface area contributed by atoms with Gasteiger partial charge >= 0.3 is 0 Å². The summed E-state index contributed by atoms with van der Waals surface area (Å²) in [6.07, 6.45) is 1.54. The van der Waals surface area contributed by atoms with E-state index in [2.05, 4.69) is 34.1 Å². The van der Waals surface area contributed by atoms with E-state index in [1.54, 1.807) is 0 Å². The number of hydrogen-bond donors (Lipinski definition) is 2. The molecule has 1 aliphatic rings. The normalized spacial score (nSPS) is 25.7. The maximum Gasteiger partial charge on any atom is 0.145 e. The van der Waals surface area contributed by atoms with Crippen LogP contribution in [0.4, 0.5) is 11.6 Å². The van der Waals surface area contributed by atoms with Gasteiger partial charge in [0.1, 0.15) is 18.0 Å². The van der Waals surface area contributed by atoms with Crippen molar-refractivity contribution in [3.8, 4) is 0 Å². The average molecular weight is 207 g/mol. The summed E-state index contributed by atoms with van der Waals surface area (Å²) in [7, 11) is 0. The number of anilines is 2. The van der Waals surface area contributed by atoms with Crippen LogP contribution < -0.4 is 16.2 Å². The zero-order chi connectivity index (χ0) is 10.8. The molecule has 1 fully saturated rings. The van der Waals surface area contributed by atoms with E-state index in [1.807, 2.05) is 6.07 Å². The van der Waals surface area contributed by atoms with Gasteiger partial charge in [-0.2, -0.15) is 0 Å². The van der Waals surface area contributed by atoms with Crippen molar-refractivity contribution in [3.05, 3.63) is 12.4 Å². The molecule has 0 spiro atoms. The fraction of sp³-hybridized carbons (Fsp3) is 0.600. The summed E-state index contributed by atoms with van der Waals surface area (Å²) in [5, 5.41) is 0. The van der Waals surface area contributed by atoms with Crippen LogP contribution in [0.25, 0.3) is 0 Å². The number of nitrogens with two attached hydrogens (primary N) is 1. The zero-order valence-electron chi connectivity index (χ0n) is 9.14. The van der Waals surface area contributed by atoms with Crippen LogP contribution in [-0.4, -0.2) is 23.1 Å². The average Bonchev–Trinajstić information content (AvgIpc) is 2.59. The fourth-order valence-electron chi connectivity index (χ4n) is 1.92. The molecular weight excluding hydrogens is 190 g/mol. The summed E-state index contributed by atoms with van der Waals surface area (Å²) < 4.78 is 0. The van der Waals surface area contributed by atoms with Crippen LogP contribution in [0.3, 0.4) is 0 Å². The van der Waals surface area contributed by atoms with Crippen LogP contribution in [0.5, 0.6) is 0 Å². The molecule has 0 amide bonds. The van der Waals surface area contributed by atoms with Gasteiger partial charge in [0.2, 0.25) is 0 Å². The topological polar surface area (TPSA) is 67.1 Å². The number of nitrogen functional groups attached to an aromatic ring is 1. The lowest BCUT2D eigenvalue weighted by Crippen LogP contribution is -2.21. The van der Waals surface area contributed by atoms with Gasteiger partial charge < -0.3 is 10.3 Å². The molecule has 1 saturated heterocycles. The molecule has 2 unspecified atom stereocenters. The van der Waals surface area contributed by atoms with Crippen molar-refractivity contribution >= 4 is 11.6 Å². The van der Waals surface area contributed by atoms with Crippen LogP contribution in [0, 0.1) is 11.8 Å². The lowest BCUT2D eigenvalue weighted by atomic mass is 10.0. The van der Waals surface area contributed by atoms with E-state index in [4.69, 9.17) is 5.84 Å². The maximum atomic E-state index is 5.31. The first kappa shape index (κ1) is 10.2. The van der Waals surface area contributed by atoms with Crippen molar-refractivity contribution in [1.29, 1.82) is 0 Å². The van der Waals surface area contributed by atoms with Crippen molar-refractivity contribution in [2.45, 2.75) is 13.8 Å². The Morgan fingerprint density at radius 3 is 2.60 bits per heavy atom. The van der Waals surface area contributed by atoms with Crippen LogP contribution in [-0.2, 0) is 0 Å². The first-order valence-corrected chi connectivity index (χ1v) is 5.24. The first-order chi connectivity index (χ1) is 7.20. The van der Waals surface area contributed by atoms with Crippen LogP contribution >= 0.6 is 0 Å². The van der Waals surface area contributed by atoms with Crippen molar-refractivity contribution in [1.82, 2.24) is 9.97 Å². The number of nitrogens with one attached hydrogen (secondary N) is 1. The molecule has 0 aromatic carbocycles. The second kappa shape index (κ2) is 4.02. The molecule has 0 saturated carbocycles. The Balaban J connectivity index is 2.16. The van der Waals surface area contributed by atoms with Crippen molar-refractivity contribution < 1.29 is 0 Å². The van der Waals surface area contributed by atoms with Crippen LogP contribution in [0.2, 0.25) is 0 Å². The number of nitrogens with zero attached hydrogens (tertiary/aromatic N) is 3. The minimum absolute atomic E-state index is 0.659. The Morgan fingerprint density at radius 1 is 1.33 bits per heavy atom. The molecule has 1 aliphatic heterocycles. The molecule has 5 heteroatoms. The van der Waals surface area contributed by atoms with Gasteiger partial charge in [-0.25, -0.2) is 15.8 Å². The van der Waals surface area contributed by atoms with Gasteiger partial charge in [0, 0.05) is 19.2 Å². The Labute approximate surface area is 89.7 Å². The molecule has 0 radical (unpaired) electrons. The monoisotopic (exact) mass is 207 g/mol. The van der Waals surface area contributed by atoms with Gasteiger partial charge in [-0.15, -0.1) is 0 Å². The van der Waals surface area contributed by atoms with Crippen LogP contribution in [0.15, 0.2) is 12.4 Å². The van der Waals surface area contributed by atoms with Gasteiger partial charge in [0.05, 0.1) is 0 Å². The third-order valence-corrected chi connectivity index (χ3v) is 3.11. The second-order valence-corrected chi connectivity index (χ2v) is 4.27. The Kier molecular flexibility index (Phi) is 2.73. The molecule has 1 aromatic rings.